The van der Waals surface area contributed by atoms with Crippen molar-refractivity contribution in [2.45, 2.75) is 66.2 Å². The van der Waals surface area contributed by atoms with Gasteiger partial charge in [0.15, 0.2) is 0 Å². The van der Waals surface area contributed by atoms with Crippen LogP contribution in [0, 0.1) is 13.8 Å². The number of anilines is 6. The third kappa shape index (κ3) is 7.40. The molecule has 0 N–H and O–H groups in total. The van der Waals surface area contributed by atoms with E-state index >= 15 is 0 Å². The molecule has 0 aliphatic carbocycles. The molecule has 0 saturated carbocycles. The topological polar surface area (TPSA) is 11.4 Å². The van der Waals surface area contributed by atoms with Gasteiger partial charge in [-0.15, -0.1) is 0 Å². The Hall–Kier alpha value is -7.62. The molecule has 11 rings (SSSR count). The second-order valence-corrected chi connectivity index (χ2v) is 20.5. The molecule has 1 aromatic heterocycles. The Balaban J connectivity index is 1.29. The second-order valence-electron chi connectivity index (χ2n) is 20.5. The average molecular weight is 868 g/mol. The highest BCUT2D eigenvalue weighted by atomic mass is 15.2. The summed E-state index contributed by atoms with van der Waals surface area (Å²) in [4.78, 5) is 4.93. The van der Waals surface area contributed by atoms with Gasteiger partial charge in [-0.2, -0.15) is 0 Å². The van der Waals surface area contributed by atoms with Crippen LogP contribution in [0.1, 0.15) is 63.8 Å². The van der Waals surface area contributed by atoms with E-state index in [1.807, 2.05) is 0 Å². The van der Waals surface area contributed by atoms with Crippen LogP contribution in [0.15, 0.2) is 200 Å². The van der Waals surface area contributed by atoms with Gasteiger partial charge in [0.25, 0.3) is 0 Å². The van der Waals surface area contributed by atoms with Crippen LogP contribution in [0.5, 0.6) is 0 Å². The van der Waals surface area contributed by atoms with Crippen molar-refractivity contribution in [1.29, 1.82) is 0 Å². The van der Waals surface area contributed by atoms with Gasteiger partial charge >= 0.3 is 0 Å². The number of aryl methyl sites for hydroxylation is 2. The van der Waals surface area contributed by atoms with Gasteiger partial charge in [-0.3, -0.25) is 0 Å². The quantitative estimate of drug-likeness (QED) is 0.158. The standard InChI is InChI=1S/C64H57N3/c1-42-17-15-21-50(37-42)65(48-33-28-46(29-34-48)63(3,4)5)57-40-59-61(55-25-13-11-23-53(55)57)62-56-26-14-12-24-54(56)58(41-60(62)67(59)52-32-27-44-19-9-10-20-45(44)39-52)66(51-22-16-18-43(2)38-51)49-35-30-47(31-36-49)64(6,7)8/h9-41H,1-8H3. The van der Waals surface area contributed by atoms with E-state index in [4.69, 9.17) is 0 Å². The van der Waals surface area contributed by atoms with Gasteiger partial charge in [0, 0.05) is 50.0 Å². The first kappa shape index (κ1) is 42.0. The SMILES string of the molecule is Cc1cccc(N(c2ccc(C(C)(C)C)cc2)c2cc3c(c4ccccc24)c2c4ccccc4c(N(c4ccc(C(C)(C)C)cc4)c4cccc(C)c4)cc2n3-c2ccc3ccccc3c2)c1. The zero-order valence-corrected chi connectivity index (χ0v) is 39.9. The molecule has 0 saturated heterocycles. The van der Waals surface area contributed by atoms with Crippen LogP contribution in [-0.2, 0) is 10.8 Å². The number of nitrogens with zero attached hydrogens (tertiary/aromatic N) is 3. The van der Waals surface area contributed by atoms with E-state index in [0.29, 0.717) is 0 Å². The fraction of sp³-hybridized carbons (Fsp3) is 0.156. The maximum atomic E-state index is 2.54. The number of fused-ring (bicyclic) bond motifs is 8. The van der Waals surface area contributed by atoms with E-state index in [1.165, 1.54) is 65.3 Å². The Bertz CT molecular complexity index is 3470. The number of aromatic nitrogens is 1. The maximum absolute atomic E-state index is 2.54. The number of rotatable bonds is 7. The lowest BCUT2D eigenvalue weighted by atomic mass is 9.87. The molecule has 11 aromatic rings. The van der Waals surface area contributed by atoms with Gasteiger partial charge in [-0.25, -0.2) is 0 Å². The summed E-state index contributed by atoms with van der Waals surface area (Å²) in [5.74, 6) is 0. The highest BCUT2D eigenvalue weighted by Crippen LogP contribution is 2.50. The van der Waals surface area contributed by atoms with Crippen molar-refractivity contribution in [2.75, 3.05) is 9.80 Å². The van der Waals surface area contributed by atoms with Crippen LogP contribution in [0.3, 0.4) is 0 Å². The van der Waals surface area contributed by atoms with Crippen LogP contribution in [0.2, 0.25) is 0 Å². The number of benzene rings is 10. The fourth-order valence-corrected chi connectivity index (χ4v) is 10.3. The minimum Gasteiger partial charge on any atom is -0.310 e. The first-order valence-corrected chi connectivity index (χ1v) is 23.7. The van der Waals surface area contributed by atoms with Gasteiger partial charge < -0.3 is 14.4 Å². The van der Waals surface area contributed by atoms with Crippen molar-refractivity contribution in [1.82, 2.24) is 4.57 Å². The molecule has 0 radical (unpaired) electrons. The summed E-state index contributed by atoms with van der Waals surface area (Å²) in [7, 11) is 0. The Labute approximate surface area is 395 Å². The fourth-order valence-electron chi connectivity index (χ4n) is 10.3. The third-order valence-corrected chi connectivity index (χ3v) is 13.7. The Kier molecular flexibility index (Phi) is 10.1. The summed E-state index contributed by atoms with van der Waals surface area (Å²) in [5, 5.41) is 9.74. The normalized spacial score (nSPS) is 12.2. The van der Waals surface area contributed by atoms with Gasteiger partial charge in [-0.1, -0.05) is 169 Å². The van der Waals surface area contributed by atoms with E-state index in [1.54, 1.807) is 0 Å². The van der Waals surface area contributed by atoms with E-state index in [0.717, 1.165) is 50.8 Å². The van der Waals surface area contributed by atoms with Crippen LogP contribution in [0.25, 0.3) is 59.8 Å². The van der Waals surface area contributed by atoms with E-state index in [2.05, 4.69) is 270 Å². The van der Waals surface area contributed by atoms with E-state index < -0.39 is 0 Å². The molecule has 0 fully saturated rings. The lowest BCUT2D eigenvalue weighted by molar-refractivity contribution is 0.590. The van der Waals surface area contributed by atoms with Crippen molar-refractivity contribution >= 4 is 88.2 Å². The lowest BCUT2D eigenvalue weighted by Crippen LogP contribution is -2.13. The summed E-state index contributed by atoms with van der Waals surface area (Å²) in [6, 6.07) is 74.9. The smallest absolute Gasteiger partial charge is 0.0568 e. The molecule has 0 spiro atoms. The molecule has 0 atom stereocenters. The van der Waals surface area contributed by atoms with Crippen molar-refractivity contribution in [3.05, 3.63) is 222 Å². The van der Waals surface area contributed by atoms with E-state index in [9.17, 15) is 0 Å². The van der Waals surface area contributed by atoms with Crippen molar-refractivity contribution < 1.29 is 0 Å². The van der Waals surface area contributed by atoms with Gasteiger partial charge in [0.05, 0.1) is 22.4 Å². The second kappa shape index (κ2) is 16.1. The molecule has 0 amide bonds. The van der Waals surface area contributed by atoms with Gasteiger partial charge in [-0.05, 0) is 141 Å². The Morgan fingerprint density at radius 1 is 0.343 bits per heavy atom. The molecule has 0 aliphatic heterocycles. The maximum Gasteiger partial charge on any atom is 0.0568 e. The van der Waals surface area contributed by atoms with Crippen LogP contribution >= 0.6 is 0 Å². The molecule has 0 aliphatic rings. The molecule has 0 unspecified atom stereocenters. The molecule has 328 valence electrons. The summed E-state index contributed by atoms with van der Waals surface area (Å²) in [5.41, 5.74) is 15.3. The summed E-state index contributed by atoms with van der Waals surface area (Å²) in [6.07, 6.45) is 0. The predicted molar refractivity (Wildman–Crippen MR) is 290 cm³/mol. The molecule has 3 nitrogen and oxygen atoms in total. The van der Waals surface area contributed by atoms with Crippen molar-refractivity contribution in [3.8, 4) is 5.69 Å². The third-order valence-electron chi connectivity index (χ3n) is 13.7. The molecular weight excluding hydrogens is 811 g/mol. The lowest BCUT2D eigenvalue weighted by Gasteiger charge is -2.29. The largest absolute Gasteiger partial charge is 0.310 e. The molecule has 10 aromatic carbocycles. The first-order valence-electron chi connectivity index (χ1n) is 23.7. The summed E-state index contributed by atoms with van der Waals surface area (Å²) >= 11 is 0. The molecule has 67 heavy (non-hydrogen) atoms. The van der Waals surface area contributed by atoms with Crippen molar-refractivity contribution in [3.63, 3.8) is 0 Å². The molecular formula is C64H57N3. The predicted octanol–water partition coefficient (Wildman–Crippen LogP) is 18.4. The van der Waals surface area contributed by atoms with Gasteiger partial charge in [0.1, 0.15) is 0 Å². The summed E-state index contributed by atoms with van der Waals surface area (Å²) in [6.45, 7) is 18.1. The Morgan fingerprint density at radius 2 is 0.761 bits per heavy atom. The minimum absolute atomic E-state index is 0.0333. The van der Waals surface area contributed by atoms with Gasteiger partial charge in [0.2, 0.25) is 0 Å². The zero-order valence-electron chi connectivity index (χ0n) is 39.9. The monoisotopic (exact) mass is 867 g/mol. The molecule has 3 heteroatoms. The number of hydrogen-bond acceptors (Lipinski definition) is 2. The highest BCUT2D eigenvalue weighted by Gasteiger charge is 2.27. The summed E-state index contributed by atoms with van der Waals surface area (Å²) < 4.78 is 2.54. The highest BCUT2D eigenvalue weighted by molar-refractivity contribution is 6.32. The number of hydrogen-bond donors (Lipinski definition) is 0. The Morgan fingerprint density at radius 3 is 1.19 bits per heavy atom. The van der Waals surface area contributed by atoms with Crippen LogP contribution in [-0.4, -0.2) is 4.57 Å². The first-order chi connectivity index (χ1) is 32.3. The van der Waals surface area contributed by atoms with Crippen LogP contribution in [0.4, 0.5) is 34.1 Å². The average Bonchev–Trinajstić information content (AvgIpc) is 3.66. The zero-order chi connectivity index (χ0) is 46.2. The van der Waals surface area contributed by atoms with Crippen molar-refractivity contribution in [2.24, 2.45) is 0 Å². The van der Waals surface area contributed by atoms with Crippen LogP contribution < -0.4 is 9.80 Å². The molecule has 1 heterocycles. The van der Waals surface area contributed by atoms with E-state index in [-0.39, 0.29) is 10.8 Å². The minimum atomic E-state index is 0.0333. The molecule has 0 bridgehead atoms.